The average molecular weight is 565 g/mol. The Bertz CT molecular complexity index is 1770. The summed E-state index contributed by atoms with van der Waals surface area (Å²) in [4.78, 5) is 35.5. The molecule has 9 rings (SSSR count). The zero-order valence-corrected chi connectivity index (χ0v) is 24.0. The van der Waals surface area contributed by atoms with Crippen LogP contribution in [0, 0.1) is 23.7 Å². The fourth-order valence-corrected chi connectivity index (χ4v) is 8.38. The van der Waals surface area contributed by atoms with Crippen LogP contribution in [0.15, 0.2) is 42.5 Å². The number of urea groups is 1. The molecular formula is C33H36N6O3. The van der Waals surface area contributed by atoms with Crippen molar-refractivity contribution in [3.05, 3.63) is 48.0 Å². The molecule has 4 aromatic rings. The number of aromatic nitrogens is 3. The van der Waals surface area contributed by atoms with Crippen LogP contribution < -0.4 is 10.1 Å². The molecule has 42 heavy (non-hydrogen) atoms. The Morgan fingerprint density at radius 3 is 2.71 bits per heavy atom. The molecule has 9 heteroatoms. The Morgan fingerprint density at radius 2 is 1.95 bits per heavy atom. The topological polar surface area (TPSA) is 84.6 Å². The normalized spacial score (nSPS) is 26.0. The van der Waals surface area contributed by atoms with E-state index in [2.05, 4.69) is 49.7 Å². The highest BCUT2D eigenvalue weighted by atomic mass is 16.5. The van der Waals surface area contributed by atoms with Crippen molar-refractivity contribution in [1.29, 1.82) is 0 Å². The first-order valence-electron chi connectivity index (χ1n) is 15.6. The van der Waals surface area contributed by atoms with Gasteiger partial charge >= 0.3 is 6.03 Å². The van der Waals surface area contributed by atoms with E-state index in [4.69, 9.17) is 9.72 Å². The molecule has 0 spiro atoms. The van der Waals surface area contributed by atoms with Crippen LogP contribution in [0.3, 0.4) is 0 Å². The molecule has 2 aliphatic heterocycles. The van der Waals surface area contributed by atoms with E-state index in [-0.39, 0.29) is 11.9 Å². The van der Waals surface area contributed by atoms with Crippen molar-refractivity contribution < 1.29 is 14.3 Å². The number of carbonyl (C=O) groups is 2. The van der Waals surface area contributed by atoms with Gasteiger partial charge in [-0.05, 0) is 73.6 Å². The molecule has 5 fully saturated rings. The first-order valence-corrected chi connectivity index (χ1v) is 15.6. The third kappa shape index (κ3) is 3.58. The number of nitrogens with one attached hydrogen (secondary N) is 1. The predicted octanol–water partition coefficient (Wildman–Crippen LogP) is 4.58. The molecule has 216 valence electrons. The SMILES string of the molecule is COc1cc(C(=O)N2CC3CC4CC2[C@H]43)cc2nc(-c3cc4ccccc4n3CC3CC3)n(CCN3CCNC3=O)c12. The standard InChI is InChI=1S/C33H36N6O3/c1-42-28-16-22(32(40)39-18-23-12-21-15-26(39)29(21)23)13-24-30(28)37(11-10-36-9-8-34-33(36)41)31(35-24)27-14-20-4-2-3-5-25(20)38(27)17-19-6-7-19/h2-5,13-14,16,19,21,23,26,29H,6-12,15,17-18H2,1H3,(H,34,41)/t21?,23?,26?,29-/m1/s1. The fraction of sp³-hybridized carbons (Fsp3) is 0.485. The summed E-state index contributed by atoms with van der Waals surface area (Å²) >= 11 is 0. The van der Waals surface area contributed by atoms with Crippen LogP contribution in [0.4, 0.5) is 4.79 Å². The summed E-state index contributed by atoms with van der Waals surface area (Å²) < 4.78 is 10.6. The Labute approximate surface area is 244 Å². The number of amides is 3. The molecule has 0 radical (unpaired) electrons. The van der Waals surface area contributed by atoms with Gasteiger partial charge in [-0.25, -0.2) is 9.78 Å². The van der Waals surface area contributed by atoms with E-state index in [0.717, 1.165) is 53.9 Å². The molecule has 2 aromatic carbocycles. The van der Waals surface area contributed by atoms with Crippen molar-refractivity contribution in [2.75, 3.05) is 33.3 Å². The second kappa shape index (κ2) is 8.99. The van der Waals surface area contributed by atoms with Gasteiger partial charge in [0.05, 0.1) is 18.3 Å². The first-order chi connectivity index (χ1) is 20.6. The van der Waals surface area contributed by atoms with E-state index < -0.39 is 0 Å². The van der Waals surface area contributed by atoms with E-state index in [9.17, 15) is 9.59 Å². The maximum Gasteiger partial charge on any atom is 0.317 e. The number of imidazole rings is 1. The molecule has 4 atom stereocenters. The van der Waals surface area contributed by atoms with Crippen LogP contribution in [-0.4, -0.2) is 75.2 Å². The maximum atomic E-state index is 13.9. The Morgan fingerprint density at radius 1 is 1.07 bits per heavy atom. The van der Waals surface area contributed by atoms with E-state index in [1.165, 1.54) is 30.2 Å². The maximum absolute atomic E-state index is 13.9. The van der Waals surface area contributed by atoms with Crippen molar-refractivity contribution in [2.24, 2.45) is 23.7 Å². The summed E-state index contributed by atoms with van der Waals surface area (Å²) in [6.45, 7) is 4.34. The van der Waals surface area contributed by atoms with Gasteiger partial charge in [-0.2, -0.15) is 0 Å². The smallest absolute Gasteiger partial charge is 0.317 e. The lowest BCUT2D eigenvalue weighted by Gasteiger charge is -2.52. The number of carbonyl (C=O) groups excluding carboxylic acids is 2. The molecule has 0 bridgehead atoms. The number of hydrogen-bond acceptors (Lipinski definition) is 4. The lowest BCUT2D eigenvalue weighted by atomic mass is 9.53. The second-order valence-electron chi connectivity index (χ2n) is 13.1. The van der Waals surface area contributed by atoms with Gasteiger partial charge in [-0.3, -0.25) is 4.79 Å². The molecule has 1 N–H and O–H groups in total. The van der Waals surface area contributed by atoms with E-state index >= 15 is 0 Å². The van der Waals surface area contributed by atoms with E-state index in [1.807, 2.05) is 17.0 Å². The number of para-hydroxylation sites is 1. The van der Waals surface area contributed by atoms with Crippen LogP contribution >= 0.6 is 0 Å². The quantitative estimate of drug-likeness (QED) is 0.340. The third-order valence-corrected chi connectivity index (χ3v) is 10.8. The molecule has 3 aliphatic carbocycles. The monoisotopic (exact) mass is 564 g/mol. The number of benzene rings is 2. The van der Waals surface area contributed by atoms with E-state index in [1.54, 1.807) is 7.11 Å². The Balaban J connectivity index is 1.18. The molecule has 2 saturated heterocycles. The highest BCUT2D eigenvalue weighted by Crippen LogP contribution is 2.60. The molecule has 3 amide bonds. The van der Waals surface area contributed by atoms with Gasteiger partial charge in [-0.1, -0.05) is 18.2 Å². The zero-order chi connectivity index (χ0) is 28.1. The number of hydrogen-bond donors (Lipinski definition) is 1. The summed E-state index contributed by atoms with van der Waals surface area (Å²) in [6.07, 6.45) is 4.95. The molecule has 3 unspecified atom stereocenters. The summed E-state index contributed by atoms with van der Waals surface area (Å²) in [6, 6.07) is 15.0. The summed E-state index contributed by atoms with van der Waals surface area (Å²) in [5, 5.41) is 4.11. The lowest BCUT2D eigenvalue weighted by Crippen LogP contribution is -2.53. The average Bonchev–Trinajstić information content (AvgIpc) is 3.44. The summed E-state index contributed by atoms with van der Waals surface area (Å²) in [5.74, 6) is 4.54. The van der Waals surface area contributed by atoms with Gasteiger partial charge in [0.15, 0.2) is 5.82 Å². The van der Waals surface area contributed by atoms with Gasteiger partial charge in [0.2, 0.25) is 0 Å². The molecule has 9 nitrogen and oxygen atoms in total. The molecule has 3 saturated carbocycles. The minimum Gasteiger partial charge on any atom is -0.494 e. The van der Waals surface area contributed by atoms with Crippen LogP contribution in [0.5, 0.6) is 5.75 Å². The van der Waals surface area contributed by atoms with Crippen molar-refractivity contribution in [3.8, 4) is 17.3 Å². The summed E-state index contributed by atoms with van der Waals surface area (Å²) in [7, 11) is 1.67. The number of ether oxygens (including phenoxy) is 1. The number of nitrogens with zero attached hydrogens (tertiary/aromatic N) is 5. The van der Waals surface area contributed by atoms with Crippen LogP contribution in [0.25, 0.3) is 33.5 Å². The largest absolute Gasteiger partial charge is 0.494 e. The first kappa shape index (κ1) is 24.6. The molecular weight excluding hydrogens is 528 g/mol. The predicted molar refractivity (Wildman–Crippen MR) is 159 cm³/mol. The lowest BCUT2D eigenvalue weighted by molar-refractivity contribution is -0.0204. The Hall–Kier alpha value is -4.01. The molecule has 2 aromatic heterocycles. The second-order valence-corrected chi connectivity index (χ2v) is 13.1. The number of fused-ring (bicyclic) bond motifs is 2. The van der Waals surface area contributed by atoms with Crippen molar-refractivity contribution in [3.63, 3.8) is 0 Å². The van der Waals surface area contributed by atoms with Gasteiger partial charge in [0.25, 0.3) is 5.91 Å². The fourth-order valence-electron chi connectivity index (χ4n) is 8.38. The number of rotatable bonds is 8. The van der Waals surface area contributed by atoms with Gasteiger partial charge in [0, 0.05) is 61.8 Å². The molecule has 4 heterocycles. The van der Waals surface area contributed by atoms with Crippen LogP contribution in [-0.2, 0) is 13.1 Å². The van der Waals surface area contributed by atoms with E-state index in [0.29, 0.717) is 55.4 Å². The molecule has 5 aliphatic rings. The van der Waals surface area contributed by atoms with Crippen LogP contribution in [0.1, 0.15) is 36.0 Å². The van der Waals surface area contributed by atoms with Crippen molar-refractivity contribution >= 4 is 33.9 Å². The van der Waals surface area contributed by atoms with Gasteiger partial charge in [0.1, 0.15) is 11.3 Å². The zero-order valence-electron chi connectivity index (χ0n) is 24.0. The highest BCUT2D eigenvalue weighted by Gasteiger charge is 2.61. The minimum absolute atomic E-state index is 0.0264. The third-order valence-electron chi connectivity index (χ3n) is 10.8. The number of likely N-dealkylation sites (tertiary alicyclic amines) is 1. The van der Waals surface area contributed by atoms with Gasteiger partial charge in [-0.15, -0.1) is 0 Å². The number of methoxy groups -OCH3 is 1. The van der Waals surface area contributed by atoms with Crippen molar-refractivity contribution in [2.45, 2.75) is 44.8 Å². The Kier molecular flexibility index (Phi) is 5.26. The highest BCUT2D eigenvalue weighted by molar-refractivity contribution is 6.00. The summed E-state index contributed by atoms with van der Waals surface area (Å²) in [5.41, 5.74) is 4.56. The van der Waals surface area contributed by atoms with Gasteiger partial charge < -0.3 is 29.0 Å². The van der Waals surface area contributed by atoms with Crippen LogP contribution in [0.2, 0.25) is 0 Å². The minimum atomic E-state index is -0.0264. The van der Waals surface area contributed by atoms with Crippen molar-refractivity contribution in [1.82, 2.24) is 29.2 Å².